The molecular weight excluding hydrogens is 350 g/mol. The number of hydrogen-bond acceptors (Lipinski definition) is 6. The molecular formula is C19H19N3O3S. The molecule has 1 aliphatic heterocycles. The van der Waals surface area contributed by atoms with Gasteiger partial charge in [0.15, 0.2) is 11.5 Å². The normalized spacial score (nSPS) is 15.9. The summed E-state index contributed by atoms with van der Waals surface area (Å²) in [5, 5.41) is 11.3. The standard InChI is InChI=1S/C19H19N3O3S/c1-11(18(20)24)22-6-7-25-17-13(10-22)8-12(9-15(17)23)19-21-14-4-2-3-5-16(14)26-19/h2-5,8-9,11,23H,6-7,10H2,1H3,(H2,20,24)/t11-/m0/s1. The molecule has 1 aromatic heterocycles. The highest BCUT2D eigenvalue weighted by Crippen LogP contribution is 2.39. The first kappa shape index (κ1) is 16.8. The minimum absolute atomic E-state index is 0.0883. The van der Waals surface area contributed by atoms with Crippen LogP contribution in [0.15, 0.2) is 36.4 Å². The van der Waals surface area contributed by atoms with Gasteiger partial charge in [0.2, 0.25) is 5.91 Å². The van der Waals surface area contributed by atoms with E-state index in [1.54, 1.807) is 24.3 Å². The van der Waals surface area contributed by atoms with Gasteiger partial charge in [0, 0.05) is 24.2 Å². The minimum Gasteiger partial charge on any atom is -0.504 e. The number of aromatic hydroxyl groups is 1. The van der Waals surface area contributed by atoms with Gasteiger partial charge in [-0.2, -0.15) is 0 Å². The number of benzene rings is 2. The van der Waals surface area contributed by atoms with Gasteiger partial charge in [-0.3, -0.25) is 9.69 Å². The van der Waals surface area contributed by atoms with Crippen molar-refractivity contribution in [2.75, 3.05) is 13.2 Å². The summed E-state index contributed by atoms with van der Waals surface area (Å²) >= 11 is 1.58. The third-order valence-electron chi connectivity index (χ3n) is 4.64. The van der Waals surface area contributed by atoms with Gasteiger partial charge in [0.25, 0.3) is 0 Å². The van der Waals surface area contributed by atoms with Gasteiger partial charge in [-0.25, -0.2) is 4.98 Å². The molecule has 2 aromatic carbocycles. The summed E-state index contributed by atoms with van der Waals surface area (Å²) in [6.07, 6.45) is 0. The van der Waals surface area contributed by atoms with Crippen molar-refractivity contribution in [3.05, 3.63) is 42.0 Å². The largest absolute Gasteiger partial charge is 0.504 e. The Morgan fingerprint density at radius 1 is 1.38 bits per heavy atom. The summed E-state index contributed by atoms with van der Waals surface area (Å²) in [5.74, 6) is 0.180. The fraction of sp³-hybridized carbons (Fsp3) is 0.263. The fourth-order valence-corrected chi connectivity index (χ4v) is 4.10. The Bertz CT molecular complexity index is 952. The topological polar surface area (TPSA) is 88.7 Å². The van der Waals surface area contributed by atoms with E-state index in [-0.39, 0.29) is 11.7 Å². The molecule has 134 valence electrons. The molecule has 0 saturated carbocycles. The van der Waals surface area contributed by atoms with Crippen LogP contribution in [0.25, 0.3) is 20.8 Å². The van der Waals surface area contributed by atoms with Gasteiger partial charge in [-0.15, -0.1) is 11.3 Å². The van der Waals surface area contributed by atoms with Crippen LogP contribution in [0.1, 0.15) is 12.5 Å². The Balaban J connectivity index is 1.75. The maximum Gasteiger partial charge on any atom is 0.234 e. The number of aromatic nitrogens is 1. The number of phenols is 1. The number of primary amides is 1. The van der Waals surface area contributed by atoms with Gasteiger partial charge in [-0.1, -0.05) is 12.1 Å². The van der Waals surface area contributed by atoms with Crippen molar-refractivity contribution in [3.63, 3.8) is 0 Å². The van der Waals surface area contributed by atoms with E-state index in [4.69, 9.17) is 10.5 Å². The molecule has 1 aliphatic rings. The number of rotatable bonds is 3. The third kappa shape index (κ3) is 3.00. The van der Waals surface area contributed by atoms with Crippen molar-refractivity contribution in [1.82, 2.24) is 9.88 Å². The first-order chi connectivity index (χ1) is 12.5. The van der Waals surface area contributed by atoms with E-state index in [1.165, 1.54) is 0 Å². The van der Waals surface area contributed by atoms with Crippen molar-refractivity contribution in [3.8, 4) is 22.1 Å². The zero-order chi connectivity index (χ0) is 18.3. The monoisotopic (exact) mass is 369 g/mol. The minimum atomic E-state index is -0.405. The van der Waals surface area contributed by atoms with Crippen molar-refractivity contribution in [2.45, 2.75) is 19.5 Å². The van der Waals surface area contributed by atoms with Crippen LogP contribution in [0.5, 0.6) is 11.5 Å². The molecule has 0 spiro atoms. The summed E-state index contributed by atoms with van der Waals surface area (Å²) in [4.78, 5) is 18.2. The Morgan fingerprint density at radius 3 is 2.96 bits per heavy atom. The zero-order valence-corrected chi connectivity index (χ0v) is 15.1. The summed E-state index contributed by atoms with van der Waals surface area (Å²) in [5.41, 5.74) is 8.04. The second kappa shape index (κ2) is 6.59. The molecule has 1 atom stereocenters. The molecule has 4 rings (SSSR count). The predicted molar refractivity (Wildman–Crippen MR) is 101 cm³/mol. The van der Waals surface area contributed by atoms with E-state index in [0.717, 1.165) is 26.4 Å². The Labute approximate surface area is 154 Å². The lowest BCUT2D eigenvalue weighted by atomic mass is 10.1. The molecule has 3 N–H and O–H groups in total. The molecule has 2 heterocycles. The van der Waals surface area contributed by atoms with Crippen LogP contribution < -0.4 is 10.5 Å². The lowest BCUT2D eigenvalue weighted by Gasteiger charge is -2.24. The number of carbonyl (C=O) groups is 1. The van der Waals surface area contributed by atoms with E-state index in [9.17, 15) is 9.90 Å². The van der Waals surface area contributed by atoms with E-state index in [2.05, 4.69) is 4.98 Å². The number of hydrogen-bond donors (Lipinski definition) is 2. The molecule has 0 saturated heterocycles. The molecule has 6 nitrogen and oxygen atoms in total. The van der Waals surface area contributed by atoms with Gasteiger partial charge < -0.3 is 15.6 Å². The molecule has 0 bridgehead atoms. The van der Waals surface area contributed by atoms with Crippen LogP contribution in [0.2, 0.25) is 0 Å². The Hall–Kier alpha value is -2.64. The molecule has 0 unspecified atom stereocenters. The first-order valence-corrected chi connectivity index (χ1v) is 9.22. The smallest absolute Gasteiger partial charge is 0.234 e. The van der Waals surface area contributed by atoms with Gasteiger partial charge in [-0.05, 0) is 31.2 Å². The van der Waals surface area contributed by atoms with Crippen molar-refractivity contribution in [2.24, 2.45) is 5.73 Å². The first-order valence-electron chi connectivity index (χ1n) is 8.41. The van der Waals surface area contributed by atoms with Crippen LogP contribution in [0, 0.1) is 0 Å². The molecule has 0 radical (unpaired) electrons. The number of fused-ring (bicyclic) bond motifs is 2. The lowest BCUT2D eigenvalue weighted by Crippen LogP contribution is -2.43. The van der Waals surface area contributed by atoms with Crippen molar-refractivity contribution in [1.29, 1.82) is 0 Å². The maximum absolute atomic E-state index is 11.6. The zero-order valence-electron chi connectivity index (χ0n) is 14.3. The van der Waals surface area contributed by atoms with Gasteiger partial charge in [0.1, 0.15) is 11.6 Å². The number of para-hydroxylation sites is 1. The van der Waals surface area contributed by atoms with Crippen LogP contribution >= 0.6 is 11.3 Å². The van der Waals surface area contributed by atoms with E-state index in [1.807, 2.05) is 35.2 Å². The van der Waals surface area contributed by atoms with Gasteiger partial charge >= 0.3 is 0 Å². The van der Waals surface area contributed by atoms with E-state index < -0.39 is 6.04 Å². The molecule has 1 amide bonds. The highest BCUT2D eigenvalue weighted by Gasteiger charge is 2.25. The van der Waals surface area contributed by atoms with Gasteiger partial charge in [0.05, 0.1) is 16.3 Å². The van der Waals surface area contributed by atoms with Crippen LogP contribution in [-0.4, -0.2) is 40.1 Å². The molecule has 26 heavy (non-hydrogen) atoms. The summed E-state index contributed by atoms with van der Waals surface area (Å²) in [6, 6.07) is 11.2. The summed E-state index contributed by atoms with van der Waals surface area (Å²) < 4.78 is 6.82. The van der Waals surface area contributed by atoms with Crippen LogP contribution in [0.3, 0.4) is 0 Å². The average molecular weight is 369 g/mol. The Kier molecular flexibility index (Phi) is 4.26. The highest BCUT2D eigenvalue weighted by atomic mass is 32.1. The molecule has 0 fully saturated rings. The summed E-state index contributed by atoms with van der Waals surface area (Å²) in [7, 11) is 0. The van der Waals surface area contributed by atoms with E-state index >= 15 is 0 Å². The number of ether oxygens (including phenoxy) is 1. The van der Waals surface area contributed by atoms with Crippen molar-refractivity contribution >= 4 is 27.5 Å². The Morgan fingerprint density at radius 2 is 2.19 bits per heavy atom. The predicted octanol–water partition coefficient (Wildman–Crippen LogP) is 2.74. The number of amides is 1. The van der Waals surface area contributed by atoms with Crippen LogP contribution in [0.4, 0.5) is 0 Å². The number of carbonyl (C=O) groups excluding carboxylic acids is 1. The second-order valence-electron chi connectivity index (χ2n) is 6.37. The van der Waals surface area contributed by atoms with Crippen LogP contribution in [-0.2, 0) is 11.3 Å². The molecule has 7 heteroatoms. The second-order valence-corrected chi connectivity index (χ2v) is 7.40. The number of phenolic OH excluding ortho intramolecular Hbond substituents is 1. The maximum atomic E-state index is 11.6. The van der Waals surface area contributed by atoms with Crippen molar-refractivity contribution < 1.29 is 14.6 Å². The number of thiazole rings is 1. The fourth-order valence-electron chi connectivity index (χ4n) is 3.15. The average Bonchev–Trinajstić information content (AvgIpc) is 2.94. The number of nitrogens with two attached hydrogens (primary N) is 1. The highest BCUT2D eigenvalue weighted by molar-refractivity contribution is 7.21. The molecule has 3 aromatic rings. The number of nitrogens with zero attached hydrogens (tertiary/aromatic N) is 2. The SMILES string of the molecule is C[C@@H](C(N)=O)N1CCOc2c(O)cc(-c3nc4ccccc4s3)cc2C1. The molecule has 0 aliphatic carbocycles. The third-order valence-corrected chi connectivity index (χ3v) is 5.73. The quantitative estimate of drug-likeness (QED) is 0.741. The summed E-state index contributed by atoms with van der Waals surface area (Å²) in [6.45, 7) is 3.21. The lowest BCUT2D eigenvalue weighted by molar-refractivity contribution is -0.122. The van der Waals surface area contributed by atoms with E-state index in [0.29, 0.717) is 25.4 Å².